The second-order valence-electron chi connectivity index (χ2n) is 9.02. The normalized spacial score (nSPS) is 18.7. The summed E-state index contributed by atoms with van der Waals surface area (Å²) < 4.78 is 5.31. The number of amides is 1. The van der Waals surface area contributed by atoms with E-state index in [9.17, 15) is 9.59 Å². The molecule has 1 aromatic heterocycles. The van der Waals surface area contributed by atoms with Gasteiger partial charge in [0.05, 0.1) is 18.7 Å². The van der Waals surface area contributed by atoms with Crippen LogP contribution in [-0.2, 0) is 22.4 Å². The SMILES string of the molecule is CCOC(=O)c1c(NC(=O)CN2CCN(c3cc(Cl)ccc3C)CC2)sc2c1CCC(C)C2. The number of nitrogens with zero attached hydrogens (tertiary/aromatic N) is 2. The van der Waals surface area contributed by atoms with Crippen LogP contribution in [0.1, 0.15) is 46.6 Å². The van der Waals surface area contributed by atoms with Crippen LogP contribution in [0.4, 0.5) is 10.7 Å². The molecule has 33 heavy (non-hydrogen) atoms. The minimum Gasteiger partial charge on any atom is -0.462 e. The first-order valence-electron chi connectivity index (χ1n) is 11.7. The number of esters is 1. The van der Waals surface area contributed by atoms with Crippen LogP contribution in [0.3, 0.4) is 0 Å². The summed E-state index contributed by atoms with van der Waals surface area (Å²) in [5.74, 6) is 0.180. The lowest BCUT2D eigenvalue weighted by Crippen LogP contribution is -2.48. The van der Waals surface area contributed by atoms with E-state index >= 15 is 0 Å². The molecule has 0 radical (unpaired) electrons. The van der Waals surface area contributed by atoms with Crippen molar-refractivity contribution in [1.82, 2.24) is 4.90 Å². The largest absolute Gasteiger partial charge is 0.462 e. The van der Waals surface area contributed by atoms with Crippen LogP contribution in [0.2, 0.25) is 5.02 Å². The number of carbonyl (C=O) groups is 2. The summed E-state index contributed by atoms with van der Waals surface area (Å²) in [5, 5.41) is 4.42. The van der Waals surface area contributed by atoms with E-state index in [4.69, 9.17) is 16.3 Å². The van der Waals surface area contributed by atoms with Crippen LogP contribution in [0, 0.1) is 12.8 Å². The van der Waals surface area contributed by atoms with E-state index in [1.54, 1.807) is 0 Å². The highest BCUT2D eigenvalue weighted by molar-refractivity contribution is 7.17. The minimum atomic E-state index is -0.328. The molecule has 2 aliphatic rings. The Bertz CT molecular complexity index is 1030. The van der Waals surface area contributed by atoms with Gasteiger partial charge in [0, 0.05) is 41.8 Å². The summed E-state index contributed by atoms with van der Waals surface area (Å²) in [6.07, 6.45) is 2.87. The van der Waals surface area contributed by atoms with Gasteiger partial charge in [0.15, 0.2) is 0 Å². The number of rotatable bonds is 6. The summed E-state index contributed by atoms with van der Waals surface area (Å²) in [6.45, 7) is 10.0. The maximum absolute atomic E-state index is 12.9. The minimum absolute atomic E-state index is 0.0837. The van der Waals surface area contributed by atoms with E-state index in [1.807, 2.05) is 25.1 Å². The number of carbonyl (C=O) groups excluding carboxylic acids is 2. The predicted octanol–water partition coefficient (Wildman–Crippen LogP) is 4.77. The number of hydrogen-bond acceptors (Lipinski definition) is 6. The third-order valence-electron chi connectivity index (χ3n) is 6.50. The highest BCUT2D eigenvalue weighted by atomic mass is 35.5. The zero-order valence-corrected chi connectivity index (χ0v) is 21.2. The van der Waals surface area contributed by atoms with E-state index in [1.165, 1.54) is 21.8 Å². The van der Waals surface area contributed by atoms with Crippen LogP contribution in [-0.4, -0.2) is 56.1 Å². The summed E-state index contributed by atoms with van der Waals surface area (Å²) in [4.78, 5) is 31.3. The van der Waals surface area contributed by atoms with Gasteiger partial charge in [-0.2, -0.15) is 0 Å². The fraction of sp³-hybridized carbons (Fsp3) is 0.520. The number of fused-ring (bicyclic) bond motifs is 1. The molecule has 1 unspecified atom stereocenters. The molecule has 2 aromatic rings. The molecule has 1 amide bonds. The Kier molecular flexibility index (Phi) is 7.62. The van der Waals surface area contributed by atoms with Crippen molar-refractivity contribution < 1.29 is 14.3 Å². The maximum atomic E-state index is 12.9. The lowest BCUT2D eigenvalue weighted by atomic mass is 9.88. The number of hydrogen-bond donors (Lipinski definition) is 1. The molecule has 0 bridgehead atoms. The molecule has 1 fully saturated rings. The summed E-state index contributed by atoms with van der Waals surface area (Å²) >= 11 is 7.73. The van der Waals surface area contributed by atoms with Gasteiger partial charge in [0.25, 0.3) is 0 Å². The first kappa shape index (κ1) is 24.0. The Balaban J connectivity index is 1.39. The van der Waals surface area contributed by atoms with Gasteiger partial charge < -0.3 is 15.0 Å². The van der Waals surface area contributed by atoms with Crippen LogP contribution in [0.5, 0.6) is 0 Å². The van der Waals surface area contributed by atoms with Gasteiger partial charge in [-0.1, -0.05) is 24.6 Å². The molecule has 1 aliphatic heterocycles. The van der Waals surface area contributed by atoms with Gasteiger partial charge in [-0.05, 0) is 62.3 Å². The molecule has 1 aromatic carbocycles. The molecule has 2 heterocycles. The van der Waals surface area contributed by atoms with Gasteiger partial charge >= 0.3 is 5.97 Å². The quantitative estimate of drug-likeness (QED) is 0.592. The maximum Gasteiger partial charge on any atom is 0.341 e. The molecule has 8 heteroatoms. The third kappa shape index (κ3) is 5.53. The monoisotopic (exact) mass is 489 g/mol. The summed E-state index contributed by atoms with van der Waals surface area (Å²) in [5.41, 5.74) is 3.99. The van der Waals surface area contributed by atoms with Crippen LogP contribution in [0.25, 0.3) is 0 Å². The number of piperazine rings is 1. The van der Waals surface area contributed by atoms with Gasteiger partial charge in [0.1, 0.15) is 5.00 Å². The molecule has 1 atom stereocenters. The highest BCUT2D eigenvalue weighted by Gasteiger charge is 2.29. The van der Waals surface area contributed by atoms with E-state index in [0.717, 1.165) is 61.7 Å². The molecule has 1 saturated heterocycles. The number of nitrogens with one attached hydrogen (secondary N) is 1. The van der Waals surface area contributed by atoms with Gasteiger partial charge in [-0.3, -0.25) is 9.69 Å². The van der Waals surface area contributed by atoms with Crippen LogP contribution < -0.4 is 10.2 Å². The predicted molar refractivity (Wildman–Crippen MR) is 135 cm³/mol. The molecule has 178 valence electrons. The van der Waals surface area contributed by atoms with Crippen LogP contribution in [0.15, 0.2) is 18.2 Å². The van der Waals surface area contributed by atoms with Gasteiger partial charge in [0.2, 0.25) is 5.91 Å². The standard InChI is InChI=1S/C25H32ClN3O3S/c1-4-32-25(31)23-19-8-5-16(2)13-21(19)33-24(23)27-22(30)15-28-9-11-29(12-10-28)20-14-18(26)7-6-17(20)3/h6-7,14,16H,4-5,8-13,15H2,1-3H3,(H,27,30). The number of thiophene rings is 1. The molecule has 4 rings (SSSR count). The van der Waals surface area contributed by atoms with Crippen LogP contribution >= 0.6 is 22.9 Å². The van der Waals surface area contributed by atoms with Crippen molar-refractivity contribution in [2.45, 2.75) is 40.0 Å². The fourth-order valence-corrected chi connectivity index (χ4v) is 6.28. The molecule has 6 nitrogen and oxygen atoms in total. The first-order chi connectivity index (χ1) is 15.9. The highest BCUT2D eigenvalue weighted by Crippen LogP contribution is 2.40. The van der Waals surface area contributed by atoms with Crippen molar-refractivity contribution in [2.24, 2.45) is 5.92 Å². The Morgan fingerprint density at radius 2 is 2.00 bits per heavy atom. The molecule has 1 N–H and O–H groups in total. The van der Waals surface area contributed by atoms with Gasteiger partial charge in [-0.25, -0.2) is 4.79 Å². The van der Waals surface area contributed by atoms with E-state index in [-0.39, 0.29) is 11.9 Å². The number of aryl methyl sites for hydroxylation is 1. The van der Waals surface area contributed by atoms with E-state index in [2.05, 4.69) is 29.0 Å². The lowest BCUT2D eigenvalue weighted by Gasteiger charge is -2.36. The van der Waals surface area contributed by atoms with Crippen molar-refractivity contribution in [3.8, 4) is 0 Å². The third-order valence-corrected chi connectivity index (χ3v) is 7.90. The van der Waals surface area contributed by atoms with Gasteiger partial charge in [-0.15, -0.1) is 11.3 Å². The van der Waals surface area contributed by atoms with Crippen molar-refractivity contribution in [2.75, 3.05) is 49.5 Å². The molecule has 0 spiro atoms. The Morgan fingerprint density at radius 3 is 2.73 bits per heavy atom. The van der Waals surface area contributed by atoms with Crippen molar-refractivity contribution in [3.05, 3.63) is 44.8 Å². The zero-order valence-electron chi connectivity index (χ0n) is 19.6. The number of ether oxygens (including phenoxy) is 1. The number of benzene rings is 1. The topological polar surface area (TPSA) is 61.9 Å². The Hall–Kier alpha value is -2.09. The Morgan fingerprint density at radius 1 is 1.24 bits per heavy atom. The smallest absolute Gasteiger partial charge is 0.341 e. The number of halogens is 1. The second-order valence-corrected chi connectivity index (χ2v) is 10.6. The first-order valence-corrected chi connectivity index (χ1v) is 12.9. The van der Waals surface area contributed by atoms with Crippen molar-refractivity contribution >= 4 is 45.5 Å². The number of anilines is 2. The van der Waals surface area contributed by atoms with Crippen molar-refractivity contribution in [1.29, 1.82) is 0 Å². The summed E-state index contributed by atoms with van der Waals surface area (Å²) in [6, 6.07) is 5.96. The Labute approximate surface area is 204 Å². The average Bonchev–Trinajstić information content (AvgIpc) is 3.12. The fourth-order valence-electron chi connectivity index (χ4n) is 4.70. The van der Waals surface area contributed by atoms with E-state index in [0.29, 0.717) is 29.6 Å². The molecular formula is C25H32ClN3O3S. The average molecular weight is 490 g/mol. The molecular weight excluding hydrogens is 458 g/mol. The molecule has 0 saturated carbocycles. The second kappa shape index (κ2) is 10.5. The lowest BCUT2D eigenvalue weighted by molar-refractivity contribution is -0.117. The van der Waals surface area contributed by atoms with E-state index < -0.39 is 0 Å². The van der Waals surface area contributed by atoms with Crippen molar-refractivity contribution in [3.63, 3.8) is 0 Å². The molecule has 1 aliphatic carbocycles. The summed E-state index contributed by atoms with van der Waals surface area (Å²) in [7, 11) is 0. The zero-order chi connectivity index (χ0) is 23.5.